The van der Waals surface area contributed by atoms with E-state index in [1.165, 1.54) is 10.6 Å². The van der Waals surface area contributed by atoms with Crippen molar-refractivity contribution >= 4 is 33.7 Å². The summed E-state index contributed by atoms with van der Waals surface area (Å²) in [5.74, 6) is 0. The molecule has 4 heteroatoms. The van der Waals surface area contributed by atoms with Crippen molar-refractivity contribution in [3.05, 3.63) is 29.7 Å². The van der Waals surface area contributed by atoms with Crippen molar-refractivity contribution in [3.8, 4) is 0 Å². The normalized spacial score (nSPS) is 15.1. The van der Waals surface area contributed by atoms with Crippen LogP contribution in [0.2, 0.25) is 0 Å². The van der Waals surface area contributed by atoms with Crippen molar-refractivity contribution in [1.82, 2.24) is 4.90 Å². The number of nitrogens with one attached hydrogen (secondary N) is 1. The van der Waals surface area contributed by atoms with Gasteiger partial charge in [-0.25, -0.2) is 0 Å². The van der Waals surface area contributed by atoms with Crippen molar-refractivity contribution in [1.29, 1.82) is 0 Å². The molecular weight excluding hydrogens is 200 g/mol. The van der Waals surface area contributed by atoms with Gasteiger partial charge in [0, 0.05) is 18.7 Å². The monoisotopic (exact) mass is 210 g/mol. The lowest BCUT2D eigenvalue weighted by Gasteiger charge is -2.28. The van der Waals surface area contributed by atoms with Gasteiger partial charge in [0.1, 0.15) is 0 Å². The maximum absolute atomic E-state index is 5.21. The second-order valence-electron chi connectivity index (χ2n) is 2.87. The van der Waals surface area contributed by atoms with Gasteiger partial charge in [-0.2, -0.15) is 0 Å². The molecule has 2 heterocycles. The first-order valence-corrected chi connectivity index (χ1v) is 5.33. The van der Waals surface area contributed by atoms with Gasteiger partial charge in [-0.15, -0.1) is 17.9 Å². The van der Waals surface area contributed by atoms with E-state index in [9.17, 15) is 0 Å². The molecule has 0 unspecified atom stereocenters. The molecule has 0 aliphatic carbocycles. The van der Waals surface area contributed by atoms with E-state index in [1.807, 2.05) is 6.08 Å². The Morgan fingerprint density at radius 3 is 3.38 bits per heavy atom. The third-order valence-electron chi connectivity index (χ3n) is 1.97. The SMILES string of the molecule is C=CCN1Cc2ccsc2NC1=S. The van der Waals surface area contributed by atoms with Crippen LogP contribution in [0.25, 0.3) is 0 Å². The molecule has 68 valence electrons. The number of anilines is 1. The van der Waals surface area contributed by atoms with Gasteiger partial charge in [0.05, 0.1) is 5.00 Å². The molecule has 0 atom stereocenters. The van der Waals surface area contributed by atoms with Gasteiger partial charge in [0.15, 0.2) is 5.11 Å². The fourth-order valence-electron chi connectivity index (χ4n) is 1.33. The van der Waals surface area contributed by atoms with Crippen molar-refractivity contribution in [2.24, 2.45) is 0 Å². The maximum atomic E-state index is 5.21. The zero-order valence-corrected chi connectivity index (χ0v) is 8.75. The maximum Gasteiger partial charge on any atom is 0.174 e. The lowest BCUT2D eigenvalue weighted by atomic mass is 10.2. The minimum Gasteiger partial charge on any atom is -0.341 e. The van der Waals surface area contributed by atoms with Crippen LogP contribution in [0.4, 0.5) is 5.00 Å². The fourth-order valence-corrected chi connectivity index (χ4v) is 2.44. The minimum absolute atomic E-state index is 0.801. The van der Waals surface area contributed by atoms with Crippen LogP contribution in [-0.2, 0) is 6.54 Å². The molecule has 0 fully saturated rings. The van der Waals surface area contributed by atoms with Gasteiger partial charge in [-0.1, -0.05) is 6.08 Å². The lowest BCUT2D eigenvalue weighted by Crippen LogP contribution is -2.37. The van der Waals surface area contributed by atoms with Crippen molar-refractivity contribution in [2.45, 2.75) is 6.54 Å². The Morgan fingerprint density at radius 2 is 2.62 bits per heavy atom. The number of thiophene rings is 1. The topological polar surface area (TPSA) is 15.3 Å². The minimum atomic E-state index is 0.801. The molecule has 0 bridgehead atoms. The molecular formula is C9H10N2S2. The van der Waals surface area contributed by atoms with Crippen LogP contribution in [-0.4, -0.2) is 16.6 Å². The predicted octanol–water partition coefficient (Wildman–Crippen LogP) is 2.45. The Kier molecular flexibility index (Phi) is 2.33. The number of hydrogen-bond acceptors (Lipinski definition) is 2. The van der Waals surface area contributed by atoms with Crippen molar-refractivity contribution in [2.75, 3.05) is 11.9 Å². The van der Waals surface area contributed by atoms with Gasteiger partial charge in [0.25, 0.3) is 0 Å². The van der Waals surface area contributed by atoms with Crippen LogP contribution < -0.4 is 5.32 Å². The highest BCUT2D eigenvalue weighted by Gasteiger charge is 2.18. The van der Waals surface area contributed by atoms with Crippen LogP contribution in [0, 0.1) is 0 Å². The van der Waals surface area contributed by atoms with Gasteiger partial charge >= 0.3 is 0 Å². The summed E-state index contributed by atoms with van der Waals surface area (Å²) in [5, 5.41) is 7.27. The highest BCUT2D eigenvalue weighted by molar-refractivity contribution is 7.80. The summed E-state index contributed by atoms with van der Waals surface area (Å²) in [7, 11) is 0. The molecule has 1 aliphatic heterocycles. The molecule has 0 amide bonds. The summed E-state index contributed by atoms with van der Waals surface area (Å²) in [4.78, 5) is 2.09. The number of fused-ring (bicyclic) bond motifs is 1. The standard InChI is InChI=1S/C9H10N2S2/c1-2-4-11-6-7-3-5-13-8(7)10-9(11)12/h2-3,5H,1,4,6H2,(H,10,12). The second kappa shape index (κ2) is 3.47. The first-order valence-electron chi connectivity index (χ1n) is 4.04. The van der Waals surface area contributed by atoms with Gasteiger partial charge < -0.3 is 10.2 Å². The van der Waals surface area contributed by atoms with Gasteiger partial charge in [0.2, 0.25) is 0 Å². The van der Waals surface area contributed by atoms with Crippen LogP contribution >= 0.6 is 23.6 Å². The molecule has 1 N–H and O–H groups in total. The Hall–Kier alpha value is -0.870. The van der Waals surface area contributed by atoms with E-state index in [0.717, 1.165) is 18.2 Å². The van der Waals surface area contributed by atoms with E-state index in [-0.39, 0.29) is 0 Å². The quantitative estimate of drug-likeness (QED) is 0.596. The van der Waals surface area contributed by atoms with E-state index in [1.54, 1.807) is 11.3 Å². The van der Waals surface area contributed by atoms with Crippen LogP contribution in [0.15, 0.2) is 24.1 Å². The highest BCUT2D eigenvalue weighted by atomic mass is 32.1. The average molecular weight is 210 g/mol. The predicted molar refractivity (Wildman–Crippen MR) is 61.1 cm³/mol. The first-order chi connectivity index (χ1) is 6.31. The number of thiocarbonyl (C=S) groups is 1. The third-order valence-corrected chi connectivity index (χ3v) is 3.20. The molecule has 1 aromatic rings. The lowest BCUT2D eigenvalue weighted by molar-refractivity contribution is 0.459. The number of nitrogens with zero attached hydrogens (tertiary/aromatic N) is 1. The molecule has 0 radical (unpaired) electrons. The molecule has 0 spiro atoms. The Morgan fingerprint density at radius 1 is 1.77 bits per heavy atom. The van der Waals surface area contributed by atoms with E-state index < -0.39 is 0 Å². The van der Waals surface area contributed by atoms with E-state index in [0.29, 0.717) is 0 Å². The summed E-state index contributed by atoms with van der Waals surface area (Å²) in [6.45, 7) is 5.41. The van der Waals surface area contributed by atoms with E-state index in [4.69, 9.17) is 12.2 Å². The Bertz CT molecular complexity index is 343. The summed E-state index contributed by atoms with van der Waals surface area (Å²) in [5.41, 5.74) is 1.32. The molecule has 1 aromatic heterocycles. The van der Waals surface area contributed by atoms with Crippen LogP contribution in [0.5, 0.6) is 0 Å². The zero-order chi connectivity index (χ0) is 9.26. The molecule has 0 aromatic carbocycles. The Labute approximate surface area is 86.9 Å². The third kappa shape index (κ3) is 1.59. The number of hydrogen-bond donors (Lipinski definition) is 1. The van der Waals surface area contributed by atoms with Gasteiger partial charge in [-0.3, -0.25) is 0 Å². The van der Waals surface area contributed by atoms with E-state index in [2.05, 4.69) is 28.2 Å². The van der Waals surface area contributed by atoms with Gasteiger partial charge in [-0.05, 0) is 23.7 Å². The Balaban J connectivity index is 2.22. The molecule has 2 nitrogen and oxygen atoms in total. The molecule has 2 rings (SSSR count). The first kappa shape index (κ1) is 8.72. The number of rotatable bonds is 2. The second-order valence-corrected chi connectivity index (χ2v) is 4.18. The highest BCUT2D eigenvalue weighted by Crippen LogP contribution is 2.28. The molecule has 1 aliphatic rings. The molecule has 13 heavy (non-hydrogen) atoms. The zero-order valence-electron chi connectivity index (χ0n) is 7.12. The van der Waals surface area contributed by atoms with Crippen LogP contribution in [0.1, 0.15) is 5.56 Å². The largest absolute Gasteiger partial charge is 0.341 e. The van der Waals surface area contributed by atoms with Crippen molar-refractivity contribution in [3.63, 3.8) is 0 Å². The molecule has 0 saturated carbocycles. The van der Waals surface area contributed by atoms with Crippen molar-refractivity contribution < 1.29 is 0 Å². The van der Waals surface area contributed by atoms with Crippen LogP contribution in [0.3, 0.4) is 0 Å². The summed E-state index contributed by atoms with van der Waals surface area (Å²) in [6.07, 6.45) is 1.87. The summed E-state index contributed by atoms with van der Waals surface area (Å²) in [6, 6.07) is 2.13. The van der Waals surface area contributed by atoms with E-state index >= 15 is 0 Å². The summed E-state index contributed by atoms with van der Waals surface area (Å²) >= 11 is 6.91. The average Bonchev–Trinajstić information content (AvgIpc) is 2.52. The smallest absolute Gasteiger partial charge is 0.174 e. The molecule has 0 saturated heterocycles. The summed E-state index contributed by atoms with van der Waals surface area (Å²) < 4.78 is 0. The fraction of sp³-hybridized carbons (Fsp3) is 0.222.